The van der Waals surface area contributed by atoms with Crippen molar-refractivity contribution >= 4 is 17.3 Å². The minimum atomic E-state index is -0.564. The molecule has 3 N–H and O–H groups in total. The minimum Gasteiger partial charge on any atom is -0.393 e. The smallest absolute Gasteiger partial charge is 0.292 e. The Bertz CT molecular complexity index is 617. The number of carbonyl (C=O) groups is 1. The van der Waals surface area contributed by atoms with Gasteiger partial charge in [0.25, 0.3) is 11.6 Å². The molecule has 0 saturated heterocycles. The van der Waals surface area contributed by atoms with E-state index < -0.39 is 4.92 Å². The quantitative estimate of drug-likeness (QED) is 0.507. The van der Waals surface area contributed by atoms with E-state index in [1.165, 1.54) is 43.9 Å². The van der Waals surface area contributed by atoms with Crippen molar-refractivity contribution < 1.29 is 9.72 Å². The summed E-state index contributed by atoms with van der Waals surface area (Å²) in [6.45, 7) is 2.04. The molecule has 0 unspecified atom stereocenters. The van der Waals surface area contributed by atoms with Crippen molar-refractivity contribution in [2.75, 3.05) is 5.73 Å². The number of hydrogen-bond donors (Lipinski definition) is 2. The molecule has 2 saturated carbocycles. The maximum absolute atomic E-state index is 12.3. The van der Waals surface area contributed by atoms with Crippen LogP contribution < -0.4 is 11.1 Å². The second-order valence-electron chi connectivity index (χ2n) is 6.63. The maximum atomic E-state index is 12.3. The number of nitro benzene ring substituents is 1. The van der Waals surface area contributed by atoms with Crippen LogP contribution in [0.25, 0.3) is 0 Å². The fourth-order valence-electron chi connectivity index (χ4n) is 4.15. The molecule has 2 bridgehead atoms. The molecule has 0 aliphatic heterocycles. The lowest BCUT2D eigenvalue weighted by Gasteiger charge is -2.28. The monoisotopic (exact) mass is 303 g/mol. The molecule has 3 rings (SSSR count). The summed E-state index contributed by atoms with van der Waals surface area (Å²) in [6, 6.07) is 4.29. The summed E-state index contributed by atoms with van der Waals surface area (Å²) in [5.41, 5.74) is 5.70. The van der Waals surface area contributed by atoms with Gasteiger partial charge in [-0.15, -0.1) is 0 Å². The van der Waals surface area contributed by atoms with Crippen LogP contribution in [-0.4, -0.2) is 16.9 Å². The van der Waals surface area contributed by atoms with Crippen LogP contribution in [0.3, 0.4) is 0 Å². The predicted octanol–water partition coefficient (Wildman–Crippen LogP) is 2.73. The van der Waals surface area contributed by atoms with Crippen LogP contribution >= 0.6 is 0 Å². The molecule has 0 spiro atoms. The van der Waals surface area contributed by atoms with E-state index in [-0.39, 0.29) is 28.9 Å². The van der Waals surface area contributed by atoms with Crippen molar-refractivity contribution in [3.05, 3.63) is 33.9 Å². The van der Waals surface area contributed by atoms with E-state index in [4.69, 9.17) is 5.73 Å². The largest absolute Gasteiger partial charge is 0.393 e. The third-order valence-corrected chi connectivity index (χ3v) is 5.28. The summed E-state index contributed by atoms with van der Waals surface area (Å²) >= 11 is 0. The highest BCUT2D eigenvalue weighted by Crippen LogP contribution is 2.49. The Hall–Kier alpha value is -2.11. The molecular formula is C16H21N3O3. The number of nitro groups is 1. The number of rotatable bonds is 4. The summed E-state index contributed by atoms with van der Waals surface area (Å²) < 4.78 is 0. The molecule has 2 aliphatic rings. The second-order valence-corrected chi connectivity index (χ2v) is 6.63. The summed E-state index contributed by atoms with van der Waals surface area (Å²) in [4.78, 5) is 22.7. The van der Waals surface area contributed by atoms with Crippen molar-refractivity contribution in [1.29, 1.82) is 0 Å². The first kappa shape index (κ1) is 14.8. The number of anilines is 1. The number of benzene rings is 1. The number of nitrogen functional groups attached to an aromatic ring is 1. The van der Waals surface area contributed by atoms with Crippen LogP contribution in [0.15, 0.2) is 18.2 Å². The van der Waals surface area contributed by atoms with E-state index >= 15 is 0 Å². The van der Waals surface area contributed by atoms with Gasteiger partial charge in [-0.1, -0.05) is 6.42 Å². The lowest BCUT2D eigenvalue weighted by Crippen LogP contribution is -2.40. The Balaban J connectivity index is 1.69. The zero-order chi connectivity index (χ0) is 15.9. The van der Waals surface area contributed by atoms with Crippen LogP contribution in [0.4, 0.5) is 11.4 Å². The Morgan fingerprint density at radius 1 is 1.41 bits per heavy atom. The number of nitrogens with two attached hydrogens (primary N) is 1. The normalized spacial score (nSPS) is 27.6. The first-order valence-corrected chi connectivity index (χ1v) is 7.80. The van der Waals surface area contributed by atoms with Gasteiger partial charge in [-0.25, -0.2) is 0 Å². The maximum Gasteiger partial charge on any atom is 0.292 e. The molecule has 1 amide bonds. The Kier molecular flexibility index (Phi) is 3.76. The molecule has 6 nitrogen and oxygen atoms in total. The van der Waals surface area contributed by atoms with Crippen molar-refractivity contribution in [2.45, 2.75) is 38.6 Å². The van der Waals surface area contributed by atoms with Gasteiger partial charge in [0.2, 0.25) is 0 Å². The van der Waals surface area contributed by atoms with Crippen molar-refractivity contribution in [2.24, 2.45) is 17.8 Å². The predicted molar refractivity (Wildman–Crippen MR) is 83.4 cm³/mol. The van der Waals surface area contributed by atoms with Crippen LogP contribution in [0.2, 0.25) is 0 Å². The molecular weight excluding hydrogens is 282 g/mol. The molecule has 22 heavy (non-hydrogen) atoms. The van der Waals surface area contributed by atoms with Gasteiger partial charge in [0.15, 0.2) is 0 Å². The van der Waals surface area contributed by atoms with Gasteiger partial charge in [-0.05, 0) is 56.1 Å². The Morgan fingerprint density at radius 3 is 2.77 bits per heavy atom. The molecule has 0 radical (unpaired) electrons. The number of fused-ring (bicyclic) bond motifs is 2. The average molecular weight is 303 g/mol. The third-order valence-electron chi connectivity index (χ3n) is 5.28. The first-order chi connectivity index (χ1) is 10.5. The number of nitrogens with zero attached hydrogens (tertiary/aromatic N) is 1. The molecule has 4 atom stereocenters. The topological polar surface area (TPSA) is 98.3 Å². The molecule has 0 heterocycles. The first-order valence-electron chi connectivity index (χ1n) is 7.80. The van der Waals surface area contributed by atoms with Gasteiger partial charge in [0.05, 0.1) is 4.92 Å². The number of carbonyl (C=O) groups excluding carboxylic acids is 1. The van der Waals surface area contributed by atoms with E-state index in [0.29, 0.717) is 5.92 Å². The molecule has 1 aromatic carbocycles. The molecule has 6 heteroatoms. The van der Waals surface area contributed by atoms with E-state index in [9.17, 15) is 14.9 Å². The summed E-state index contributed by atoms with van der Waals surface area (Å²) in [5.74, 6) is 1.82. The molecule has 118 valence electrons. The lowest BCUT2D eigenvalue weighted by atomic mass is 9.84. The highest BCUT2D eigenvalue weighted by molar-refractivity contribution is 5.95. The second kappa shape index (κ2) is 5.59. The van der Waals surface area contributed by atoms with E-state index in [2.05, 4.69) is 5.32 Å². The Morgan fingerprint density at radius 2 is 2.18 bits per heavy atom. The lowest BCUT2D eigenvalue weighted by molar-refractivity contribution is -0.383. The fourth-order valence-corrected chi connectivity index (χ4v) is 4.15. The van der Waals surface area contributed by atoms with Gasteiger partial charge in [-0.2, -0.15) is 0 Å². The van der Waals surface area contributed by atoms with Gasteiger partial charge in [0, 0.05) is 17.7 Å². The van der Waals surface area contributed by atoms with Gasteiger partial charge >= 0.3 is 0 Å². The van der Waals surface area contributed by atoms with Crippen LogP contribution in [0.5, 0.6) is 0 Å². The van der Waals surface area contributed by atoms with Crippen molar-refractivity contribution in [1.82, 2.24) is 5.32 Å². The third kappa shape index (κ3) is 2.65. The number of amides is 1. The van der Waals surface area contributed by atoms with Gasteiger partial charge in [0.1, 0.15) is 5.69 Å². The van der Waals surface area contributed by atoms with Gasteiger partial charge < -0.3 is 11.1 Å². The van der Waals surface area contributed by atoms with Crippen LogP contribution in [-0.2, 0) is 0 Å². The zero-order valence-electron chi connectivity index (χ0n) is 12.6. The molecule has 1 aromatic rings. The van der Waals surface area contributed by atoms with Crippen LogP contribution in [0.1, 0.15) is 43.0 Å². The minimum absolute atomic E-state index is 0.0719. The Labute approximate surface area is 129 Å². The number of hydrogen-bond acceptors (Lipinski definition) is 4. The van der Waals surface area contributed by atoms with Gasteiger partial charge in [-0.3, -0.25) is 14.9 Å². The zero-order valence-corrected chi connectivity index (χ0v) is 12.6. The highest BCUT2D eigenvalue weighted by atomic mass is 16.6. The van der Waals surface area contributed by atoms with Crippen molar-refractivity contribution in [3.63, 3.8) is 0 Å². The summed E-state index contributed by atoms with van der Waals surface area (Å²) in [7, 11) is 0. The highest BCUT2D eigenvalue weighted by Gasteiger charge is 2.42. The fraction of sp³-hybridized carbons (Fsp3) is 0.562. The SMILES string of the molecule is C[C@H](NC(=O)c1ccc(N)c([N+](=O)[O-])c1)[C@@H]1C[C@H]2CC[C@H]1C2. The molecule has 2 aliphatic carbocycles. The number of nitrogens with one attached hydrogen (secondary N) is 1. The molecule has 2 fully saturated rings. The van der Waals surface area contributed by atoms with Crippen molar-refractivity contribution in [3.8, 4) is 0 Å². The summed E-state index contributed by atoms with van der Waals surface area (Å²) in [5, 5.41) is 13.9. The standard InChI is InChI=1S/C16H21N3O3/c1-9(13-7-10-2-3-11(13)6-10)18-16(20)12-4-5-14(17)15(8-12)19(21)22/h4-5,8-11,13H,2-3,6-7,17H2,1H3,(H,18,20)/t9-,10-,11-,13-/m0/s1. The summed E-state index contributed by atoms with van der Waals surface area (Å²) in [6.07, 6.45) is 5.07. The van der Waals surface area contributed by atoms with E-state index in [1.807, 2.05) is 6.92 Å². The van der Waals surface area contributed by atoms with E-state index in [1.54, 1.807) is 0 Å². The molecule has 0 aromatic heterocycles. The van der Waals surface area contributed by atoms with Crippen LogP contribution in [0, 0.1) is 27.9 Å². The average Bonchev–Trinajstić information content (AvgIpc) is 3.09. The van der Waals surface area contributed by atoms with E-state index in [0.717, 1.165) is 11.8 Å².